The largest absolute Gasteiger partial charge is 0.445 e. The zero-order chi connectivity index (χ0) is 17.5. The molecule has 8 heteroatoms. The molecule has 0 bridgehead atoms. The van der Waals surface area contributed by atoms with E-state index in [0.717, 1.165) is 5.56 Å². The molecule has 126 valence electrons. The summed E-state index contributed by atoms with van der Waals surface area (Å²) in [7, 11) is 0. The molecule has 0 aliphatic carbocycles. The van der Waals surface area contributed by atoms with Gasteiger partial charge in [-0.3, -0.25) is 19.7 Å². The Morgan fingerprint density at radius 1 is 1.17 bits per heavy atom. The maximum Gasteiger partial charge on any atom is 0.408 e. The van der Waals surface area contributed by atoms with Crippen molar-refractivity contribution >= 4 is 17.9 Å². The van der Waals surface area contributed by atoms with E-state index in [-0.39, 0.29) is 12.3 Å². The fourth-order valence-corrected chi connectivity index (χ4v) is 1.90. The molecule has 0 aliphatic rings. The summed E-state index contributed by atoms with van der Waals surface area (Å²) in [6, 6.07) is 11.3. The Bertz CT molecular complexity index is 727. The Morgan fingerprint density at radius 2 is 1.88 bits per heavy atom. The zero-order valence-corrected chi connectivity index (χ0v) is 13.1. The lowest BCUT2D eigenvalue weighted by Crippen LogP contribution is -2.44. The lowest BCUT2D eigenvalue weighted by Gasteiger charge is -2.15. The first-order valence-electron chi connectivity index (χ1n) is 7.22. The van der Waals surface area contributed by atoms with E-state index >= 15 is 0 Å². The molecule has 0 aliphatic heterocycles. The smallest absolute Gasteiger partial charge is 0.408 e. The SMILES string of the molecule is C[C@H](NC(=O)OCc1ccccc1)C(=O)Nn1cccc1C(N)=O. The van der Waals surface area contributed by atoms with Crippen LogP contribution in [0.1, 0.15) is 23.0 Å². The molecule has 3 amide bonds. The third kappa shape index (κ3) is 4.60. The number of amides is 3. The van der Waals surface area contributed by atoms with Crippen LogP contribution in [-0.4, -0.2) is 28.6 Å². The molecule has 1 aromatic carbocycles. The molecule has 0 saturated carbocycles. The van der Waals surface area contributed by atoms with Crippen LogP contribution in [0.25, 0.3) is 0 Å². The van der Waals surface area contributed by atoms with E-state index in [0.29, 0.717) is 0 Å². The molecule has 0 fully saturated rings. The minimum atomic E-state index is -0.864. The molecule has 0 unspecified atom stereocenters. The normalized spacial score (nSPS) is 11.4. The van der Waals surface area contributed by atoms with Gasteiger partial charge in [-0.15, -0.1) is 0 Å². The summed E-state index contributed by atoms with van der Waals surface area (Å²) in [4.78, 5) is 34.9. The predicted molar refractivity (Wildman–Crippen MR) is 86.5 cm³/mol. The van der Waals surface area contributed by atoms with Crippen LogP contribution < -0.4 is 16.5 Å². The number of hydrogen-bond acceptors (Lipinski definition) is 4. The Morgan fingerprint density at radius 3 is 2.54 bits per heavy atom. The van der Waals surface area contributed by atoms with E-state index in [2.05, 4.69) is 10.7 Å². The summed E-state index contributed by atoms with van der Waals surface area (Å²) in [5.41, 5.74) is 8.61. The van der Waals surface area contributed by atoms with Gasteiger partial charge in [0, 0.05) is 6.20 Å². The number of nitrogens with two attached hydrogens (primary N) is 1. The number of aromatic nitrogens is 1. The van der Waals surface area contributed by atoms with Gasteiger partial charge < -0.3 is 15.8 Å². The average molecular weight is 330 g/mol. The lowest BCUT2D eigenvalue weighted by atomic mass is 10.2. The fourth-order valence-electron chi connectivity index (χ4n) is 1.90. The number of rotatable bonds is 6. The first-order valence-corrected chi connectivity index (χ1v) is 7.22. The molecule has 1 heterocycles. The quantitative estimate of drug-likeness (QED) is 0.732. The van der Waals surface area contributed by atoms with Gasteiger partial charge in [-0.1, -0.05) is 30.3 Å². The molecular formula is C16H18N4O4. The molecule has 1 atom stereocenters. The van der Waals surface area contributed by atoms with Gasteiger partial charge in [-0.25, -0.2) is 4.79 Å². The monoisotopic (exact) mass is 330 g/mol. The molecule has 8 nitrogen and oxygen atoms in total. The van der Waals surface area contributed by atoms with Crippen LogP contribution in [0.5, 0.6) is 0 Å². The van der Waals surface area contributed by atoms with E-state index in [1.54, 1.807) is 6.07 Å². The molecule has 0 radical (unpaired) electrons. The van der Waals surface area contributed by atoms with E-state index < -0.39 is 23.9 Å². The lowest BCUT2D eigenvalue weighted by molar-refractivity contribution is -0.118. The number of hydrogen-bond donors (Lipinski definition) is 3. The van der Waals surface area contributed by atoms with E-state index in [1.165, 1.54) is 23.9 Å². The summed E-state index contributed by atoms with van der Waals surface area (Å²) < 4.78 is 6.23. The van der Waals surface area contributed by atoms with Crippen LogP contribution in [0.15, 0.2) is 48.7 Å². The van der Waals surface area contributed by atoms with Crippen molar-refractivity contribution in [3.63, 3.8) is 0 Å². The van der Waals surface area contributed by atoms with Gasteiger partial charge in [0.15, 0.2) is 0 Å². The molecular weight excluding hydrogens is 312 g/mol. The van der Waals surface area contributed by atoms with Gasteiger partial charge in [-0.2, -0.15) is 0 Å². The maximum absolute atomic E-state index is 12.0. The Kier molecular flexibility index (Phi) is 5.56. The van der Waals surface area contributed by atoms with Gasteiger partial charge in [0.25, 0.3) is 11.8 Å². The molecule has 1 aromatic heterocycles. The van der Waals surface area contributed by atoms with Crippen molar-refractivity contribution < 1.29 is 19.1 Å². The van der Waals surface area contributed by atoms with E-state index in [9.17, 15) is 14.4 Å². The second kappa shape index (κ2) is 7.82. The summed E-state index contributed by atoms with van der Waals surface area (Å²) in [5, 5.41) is 2.41. The first kappa shape index (κ1) is 17.1. The Hall–Kier alpha value is -3.29. The highest BCUT2D eigenvalue weighted by molar-refractivity contribution is 5.94. The molecule has 4 N–H and O–H groups in total. The summed E-state index contributed by atoms with van der Waals surface area (Å²) in [6.07, 6.45) is 0.752. The third-order valence-corrected chi connectivity index (χ3v) is 3.17. The van der Waals surface area contributed by atoms with Gasteiger partial charge in [-0.05, 0) is 24.6 Å². The Labute approximate surface area is 138 Å². The summed E-state index contributed by atoms with van der Waals surface area (Å²) in [6.45, 7) is 1.59. The minimum absolute atomic E-state index is 0.102. The van der Waals surface area contributed by atoms with E-state index in [4.69, 9.17) is 10.5 Å². The van der Waals surface area contributed by atoms with Crippen molar-refractivity contribution in [1.82, 2.24) is 9.99 Å². The Balaban J connectivity index is 1.83. The minimum Gasteiger partial charge on any atom is -0.445 e. The summed E-state index contributed by atoms with van der Waals surface area (Å²) >= 11 is 0. The van der Waals surface area contributed by atoms with Gasteiger partial charge in [0.2, 0.25) is 0 Å². The predicted octanol–water partition coefficient (Wildman–Crippen LogP) is 0.972. The van der Waals surface area contributed by atoms with Gasteiger partial charge in [0.05, 0.1) is 0 Å². The number of carbonyl (C=O) groups excluding carboxylic acids is 3. The standard InChI is InChI=1S/C16H18N4O4/c1-11(15(22)19-20-9-5-8-13(20)14(17)21)18-16(23)24-10-12-6-3-2-4-7-12/h2-9,11H,10H2,1H3,(H2,17,21)(H,18,23)(H,19,22)/t11-/m0/s1. The highest BCUT2D eigenvalue weighted by atomic mass is 16.5. The van der Waals surface area contributed by atoms with Crippen LogP contribution in [0.3, 0.4) is 0 Å². The van der Waals surface area contributed by atoms with E-state index in [1.807, 2.05) is 30.3 Å². The molecule has 2 rings (SSSR count). The number of ether oxygens (including phenoxy) is 1. The molecule has 2 aromatic rings. The van der Waals surface area contributed by atoms with Crippen LogP contribution in [0.2, 0.25) is 0 Å². The highest BCUT2D eigenvalue weighted by Gasteiger charge is 2.18. The van der Waals surface area contributed by atoms with Crippen molar-refractivity contribution in [3.8, 4) is 0 Å². The third-order valence-electron chi connectivity index (χ3n) is 3.17. The number of nitrogens with one attached hydrogen (secondary N) is 2. The molecule has 0 saturated heterocycles. The number of alkyl carbamates (subject to hydrolysis) is 1. The second-order valence-electron chi connectivity index (χ2n) is 5.03. The van der Waals surface area contributed by atoms with Crippen molar-refractivity contribution in [3.05, 3.63) is 59.9 Å². The molecule has 24 heavy (non-hydrogen) atoms. The number of nitrogens with zero attached hydrogens (tertiary/aromatic N) is 1. The number of carbonyl (C=O) groups is 3. The van der Waals surface area contributed by atoms with Crippen LogP contribution >= 0.6 is 0 Å². The average Bonchev–Trinajstić information content (AvgIpc) is 3.02. The van der Waals surface area contributed by atoms with Crippen LogP contribution in [0.4, 0.5) is 4.79 Å². The second-order valence-corrected chi connectivity index (χ2v) is 5.03. The first-order chi connectivity index (χ1) is 11.5. The van der Waals surface area contributed by atoms with Gasteiger partial charge in [0.1, 0.15) is 18.3 Å². The van der Waals surface area contributed by atoms with Crippen LogP contribution in [0, 0.1) is 0 Å². The zero-order valence-electron chi connectivity index (χ0n) is 13.1. The van der Waals surface area contributed by atoms with Crippen molar-refractivity contribution in [2.75, 3.05) is 5.43 Å². The fraction of sp³-hybridized carbons (Fsp3) is 0.188. The van der Waals surface area contributed by atoms with Crippen molar-refractivity contribution in [1.29, 1.82) is 0 Å². The number of primary amides is 1. The number of benzene rings is 1. The highest BCUT2D eigenvalue weighted by Crippen LogP contribution is 2.01. The van der Waals surface area contributed by atoms with Crippen molar-refractivity contribution in [2.45, 2.75) is 19.6 Å². The van der Waals surface area contributed by atoms with Gasteiger partial charge >= 0.3 is 6.09 Å². The molecule has 0 spiro atoms. The van der Waals surface area contributed by atoms with Crippen LogP contribution in [-0.2, 0) is 16.1 Å². The summed E-state index contributed by atoms with van der Waals surface area (Å²) in [5.74, 6) is -1.20. The van der Waals surface area contributed by atoms with Crippen molar-refractivity contribution in [2.24, 2.45) is 5.73 Å². The topological polar surface area (TPSA) is 115 Å². The maximum atomic E-state index is 12.0.